The van der Waals surface area contributed by atoms with Gasteiger partial charge in [0.2, 0.25) is 0 Å². The molecule has 0 fully saturated rings. The van der Waals surface area contributed by atoms with Gasteiger partial charge in [0.1, 0.15) is 11.6 Å². The van der Waals surface area contributed by atoms with Crippen molar-refractivity contribution in [2.75, 3.05) is 13.1 Å². The molecule has 0 unspecified atom stereocenters. The Labute approximate surface area is 179 Å². The van der Waals surface area contributed by atoms with Gasteiger partial charge in [0.15, 0.2) is 5.43 Å². The highest BCUT2D eigenvalue weighted by molar-refractivity contribution is 6.33. The molecule has 0 atom stereocenters. The molecule has 1 aliphatic rings. The third-order valence-corrected chi connectivity index (χ3v) is 5.53. The molecule has 0 aliphatic carbocycles. The van der Waals surface area contributed by atoms with E-state index >= 15 is 4.39 Å². The van der Waals surface area contributed by atoms with Gasteiger partial charge < -0.3 is 15.0 Å². The summed E-state index contributed by atoms with van der Waals surface area (Å²) < 4.78 is 30.1. The zero-order chi connectivity index (χ0) is 22.3. The molecule has 0 bridgehead atoms. The number of benzene rings is 2. The van der Waals surface area contributed by atoms with Crippen LogP contribution in [0.5, 0.6) is 0 Å². The van der Waals surface area contributed by atoms with Gasteiger partial charge in [-0.25, -0.2) is 13.6 Å². The van der Waals surface area contributed by atoms with Crippen LogP contribution in [-0.2, 0) is 0 Å². The van der Waals surface area contributed by atoms with Crippen molar-refractivity contribution in [1.82, 2.24) is 9.88 Å². The first-order chi connectivity index (χ1) is 14.8. The summed E-state index contributed by atoms with van der Waals surface area (Å²) in [5.74, 6) is -1.88. The van der Waals surface area contributed by atoms with Crippen molar-refractivity contribution in [2.24, 2.45) is 0 Å². The van der Waals surface area contributed by atoms with Crippen LogP contribution in [0, 0.1) is 23.0 Å². The largest absolute Gasteiger partial charge is 0.465 e. The first-order valence-electron chi connectivity index (χ1n) is 9.22. The maximum absolute atomic E-state index is 15.3. The van der Waals surface area contributed by atoms with Crippen molar-refractivity contribution in [1.29, 1.82) is 5.26 Å². The summed E-state index contributed by atoms with van der Waals surface area (Å²) in [7, 11) is 0. The van der Waals surface area contributed by atoms with E-state index in [-0.39, 0.29) is 46.7 Å². The van der Waals surface area contributed by atoms with Crippen LogP contribution in [0.1, 0.15) is 17.5 Å². The molecule has 3 aromatic rings. The maximum Gasteiger partial charge on any atom is 0.407 e. The standard InChI is InChI=1S/C22H14ClF2N3O3/c23-14-2-1-11(10-26)7-13(14)16-9-18(29)20-17(27-16)8-15(24)19(21(20)25)12-3-5-28(6-4-12)22(30)31/h1-3,7-9H,4-6H2,(H,27,29)(H,30,31). The highest BCUT2D eigenvalue weighted by atomic mass is 35.5. The summed E-state index contributed by atoms with van der Waals surface area (Å²) in [6, 6.07) is 8.64. The van der Waals surface area contributed by atoms with Gasteiger partial charge in [-0.05, 0) is 36.3 Å². The molecular weight excluding hydrogens is 428 g/mol. The molecule has 2 aromatic carbocycles. The number of carboxylic acid groups (broad SMARTS) is 1. The van der Waals surface area contributed by atoms with E-state index in [1.165, 1.54) is 24.3 Å². The normalized spacial score (nSPS) is 13.7. The summed E-state index contributed by atoms with van der Waals surface area (Å²) in [5.41, 5.74) is 0.136. The summed E-state index contributed by atoms with van der Waals surface area (Å²) in [5, 5.41) is 18.1. The van der Waals surface area contributed by atoms with Gasteiger partial charge in [-0.1, -0.05) is 17.7 Å². The van der Waals surface area contributed by atoms with Crippen molar-refractivity contribution >= 4 is 34.2 Å². The molecule has 0 saturated heterocycles. The van der Waals surface area contributed by atoms with Crippen LogP contribution >= 0.6 is 11.6 Å². The first-order valence-corrected chi connectivity index (χ1v) is 9.60. The number of carbonyl (C=O) groups is 1. The van der Waals surface area contributed by atoms with E-state index in [1.54, 1.807) is 0 Å². The number of amides is 1. The fourth-order valence-corrected chi connectivity index (χ4v) is 3.87. The lowest BCUT2D eigenvalue weighted by Crippen LogP contribution is -2.33. The zero-order valence-corrected chi connectivity index (χ0v) is 16.6. The lowest BCUT2D eigenvalue weighted by atomic mass is 9.96. The number of halogens is 3. The molecule has 0 saturated carbocycles. The minimum Gasteiger partial charge on any atom is -0.465 e. The lowest BCUT2D eigenvalue weighted by molar-refractivity contribution is 0.150. The molecule has 4 rings (SSSR count). The number of rotatable bonds is 2. The maximum atomic E-state index is 15.3. The molecule has 2 N–H and O–H groups in total. The fraction of sp³-hybridized carbons (Fsp3) is 0.136. The smallest absolute Gasteiger partial charge is 0.407 e. The molecule has 0 spiro atoms. The molecule has 2 heterocycles. The van der Waals surface area contributed by atoms with Gasteiger partial charge in [-0.3, -0.25) is 4.79 Å². The number of nitriles is 1. The number of pyridine rings is 1. The molecule has 31 heavy (non-hydrogen) atoms. The van der Waals surface area contributed by atoms with E-state index in [9.17, 15) is 14.0 Å². The van der Waals surface area contributed by atoms with Gasteiger partial charge >= 0.3 is 6.09 Å². The third-order valence-electron chi connectivity index (χ3n) is 5.20. The predicted octanol–water partition coefficient (Wildman–Crippen LogP) is 4.77. The van der Waals surface area contributed by atoms with Crippen LogP contribution < -0.4 is 5.43 Å². The van der Waals surface area contributed by atoms with Crippen molar-refractivity contribution < 1.29 is 18.7 Å². The number of nitrogens with one attached hydrogen (secondary N) is 1. The van der Waals surface area contributed by atoms with Crippen LogP contribution in [0.15, 0.2) is 41.2 Å². The van der Waals surface area contributed by atoms with E-state index in [0.29, 0.717) is 16.7 Å². The second-order valence-corrected chi connectivity index (χ2v) is 7.44. The summed E-state index contributed by atoms with van der Waals surface area (Å²) in [4.78, 5) is 27.7. The number of hydrogen-bond donors (Lipinski definition) is 2. The Bertz CT molecular complexity index is 1380. The second kappa shape index (κ2) is 7.85. The van der Waals surface area contributed by atoms with Gasteiger partial charge in [0, 0.05) is 35.3 Å². The molecule has 1 aromatic heterocycles. The van der Waals surface area contributed by atoms with Crippen LogP contribution in [0.25, 0.3) is 27.7 Å². The van der Waals surface area contributed by atoms with E-state index in [2.05, 4.69) is 4.98 Å². The molecular formula is C22H14ClF2N3O3. The average molecular weight is 442 g/mol. The molecule has 156 valence electrons. The SMILES string of the molecule is N#Cc1ccc(Cl)c(-c2cc(=O)c3c(F)c(C4=CCN(C(=O)O)CC4)c(F)cc3[nH]2)c1. The number of fused-ring (bicyclic) bond motifs is 1. The highest BCUT2D eigenvalue weighted by Gasteiger charge is 2.24. The molecule has 9 heteroatoms. The van der Waals surface area contributed by atoms with Crippen LogP contribution in [0.4, 0.5) is 13.6 Å². The minimum absolute atomic E-state index is 0.00457. The van der Waals surface area contributed by atoms with Gasteiger partial charge in [-0.2, -0.15) is 5.26 Å². The Morgan fingerprint density at radius 1 is 1.26 bits per heavy atom. The second-order valence-electron chi connectivity index (χ2n) is 7.03. The molecule has 0 radical (unpaired) electrons. The number of H-pyrrole nitrogens is 1. The Morgan fingerprint density at radius 2 is 2.03 bits per heavy atom. The Balaban J connectivity index is 1.86. The highest BCUT2D eigenvalue weighted by Crippen LogP contribution is 2.32. The first kappa shape index (κ1) is 20.6. The number of aromatic nitrogens is 1. The average Bonchev–Trinajstić information content (AvgIpc) is 2.73. The molecule has 1 aliphatic heterocycles. The fourth-order valence-electron chi connectivity index (χ4n) is 3.65. The van der Waals surface area contributed by atoms with E-state index in [1.807, 2.05) is 6.07 Å². The van der Waals surface area contributed by atoms with Crippen molar-refractivity contribution in [3.05, 3.63) is 74.4 Å². The van der Waals surface area contributed by atoms with Crippen molar-refractivity contribution in [3.8, 4) is 17.3 Å². The van der Waals surface area contributed by atoms with Gasteiger partial charge in [0.25, 0.3) is 0 Å². The summed E-state index contributed by atoms with van der Waals surface area (Å²) in [6.45, 7) is 0.103. The van der Waals surface area contributed by atoms with E-state index in [4.69, 9.17) is 22.0 Å². The van der Waals surface area contributed by atoms with Gasteiger partial charge in [0.05, 0.1) is 28.2 Å². The molecule has 6 nitrogen and oxygen atoms in total. The Kier molecular flexibility index (Phi) is 5.21. The number of nitrogens with zero attached hydrogens (tertiary/aromatic N) is 2. The lowest BCUT2D eigenvalue weighted by Gasteiger charge is -2.24. The van der Waals surface area contributed by atoms with Crippen molar-refractivity contribution in [3.63, 3.8) is 0 Å². The minimum atomic E-state index is -1.11. The number of aromatic amines is 1. The molecule has 1 amide bonds. The van der Waals surface area contributed by atoms with Crippen LogP contribution in [-0.4, -0.2) is 34.2 Å². The monoisotopic (exact) mass is 441 g/mol. The van der Waals surface area contributed by atoms with E-state index in [0.717, 1.165) is 17.0 Å². The van der Waals surface area contributed by atoms with E-state index < -0.39 is 23.2 Å². The van der Waals surface area contributed by atoms with Crippen molar-refractivity contribution in [2.45, 2.75) is 6.42 Å². The van der Waals surface area contributed by atoms with Crippen LogP contribution in [0.3, 0.4) is 0 Å². The third kappa shape index (κ3) is 3.64. The Morgan fingerprint density at radius 3 is 2.68 bits per heavy atom. The van der Waals surface area contributed by atoms with Crippen LogP contribution in [0.2, 0.25) is 5.02 Å². The Hall–Kier alpha value is -3.70. The zero-order valence-electron chi connectivity index (χ0n) is 15.9. The number of hydrogen-bond acceptors (Lipinski definition) is 3. The quantitative estimate of drug-likeness (QED) is 0.598. The summed E-state index contributed by atoms with van der Waals surface area (Å²) >= 11 is 6.18. The predicted molar refractivity (Wildman–Crippen MR) is 112 cm³/mol. The summed E-state index contributed by atoms with van der Waals surface area (Å²) in [6.07, 6.45) is 0.455. The topological polar surface area (TPSA) is 97.2 Å². The van der Waals surface area contributed by atoms with Gasteiger partial charge in [-0.15, -0.1) is 0 Å².